The van der Waals surface area contributed by atoms with E-state index in [1.807, 2.05) is 72.9 Å². The first-order valence-electron chi connectivity index (χ1n) is 10.5. The number of hydrogen-bond acceptors (Lipinski definition) is 3. The van der Waals surface area contributed by atoms with Crippen molar-refractivity contribution in [2.24, 2.45) is 5.10 Å². The van der Waals surface area contributed by atoms with Gasteiger partial charge in [-0.1, -0.05) is 72.3 Å². The maximum atomic E-state index is 12.8. The molecule has 0 aliphatic heterocycles. The number of aromatic hydroxyl groups is 1. The fourth-order valence-electron chi connectivity index (χ4n) is 4.06. The van der Waals surface area contributed by atoms with E-state index in [-0.39, 0.29) is 11.3 Å². The number of phenolic OH excluding ortho intramolecular Hbond substituents is 1. The largest absolute Gasteiger partial charge is 0.507 e. The summed E-state index contributed by atoms with van der Waals surface area (Å²) in [6.07, 6.45) is 3.62. The summed E-state index contributed by atoms with van der Waals surface area (Å²) in [5.41, 5.74) is 5.77. The van der Waals surface area contributed by atoms with Gasteiger partial charge in [-0.25, -0.2) is 5.43 Å². The van der Waals surface area contributed by atoms with Crippen LogP contribution in [0.15, 0.2) is 96.2 Å². The Balaban J connectivity index is 1.43. The summed E-state index contributed by atoms with van der Waals surface area (Å²) < 4.78 is 2.13. The lowest BCUT2D eigenvalue weighted by Gasteiger charge is -2.07. The van der Waals surface area contributed by atoms with Crippen molar-refractivity contribution in [2.75, 3.05) is 0 Å². The van der Waals surface area contributed by atoms with Crippen LogP contribution in [0.4, 0.5) is 0 Å². The molecule has 0 unspecified atom stereocenters. The second-order valence-electron chi connectivity index (χ2n) is 7.74. The third-order valence-electron chi connectivity index (χ3n) is 5.57. The molecule has 0 radical (unpaired) electrons. The van der Waals surface area contributed by atoms with Crippen LogP contribution in [0, 0.1) is 0 Å². The molecule has 0 fully saturated rings. The van der Waals surface area contributed by atoms with Crippen LogP contribution in [0.1, 0.15) is 21.5 Å². The van der Waals surface area contributed by atoms with Gasteiger partial charge in [0.1, 0.15) is 5.75 Å². The molecule has 33 heavy (non-hydrogen) atoms. The van der Waals surface area contributed by atoms with E-state index < -0.39 is 5.91 Å². The van der Waals surface area contributed by atoms with E-state index in [4.69, 9.17) is 11.6 Å². The van der Waals surface area contributed by atoms with E-state index in [0.29, 0.717) is 17.0 Å². The van der Waals surface area contributed by atoms with E-state index >= 15 is 0 Å². The number of fused-ring (bicyclic) bond motifs is 2. The molecule has 0 aliphatic carbocycles. The van der Waals surface area contributed by atoms with Gasteiger partial charge < -0.3 is 9.67 Å². The lowest BCUT2D eigenvalue weighted by molar-refractivity contribution is 0.0954. The minimum absolute atomic E-state index is 0.0838. The highest BCUT2D eigenvalue weighted by Gasteiger charge is 2.15. The summed E-state index contributed by atoms with van der Waals surface area (Å²) in [5, 5.41) is 17.7. The summed E-state index contributed by atoms with van der Waals surface area (Å²) >= 11 is 6.14. The second-order valence-corrected chi connectivity index (χ2v) is 8.18. The number of amides is 1. The van der Waals surface area contributed by atoms with Crippen LogP contribution in [0.25, 0.3) is 21.7 Å². The zero-order valence-corrected chi connectivity index (χ0v) is 18.3. The Kier molecular flexibility index (Phi) is 5.55. The van der Waals surface area contributed by atoms with E-state index in [2.05, 4.69) is 15.1 Å². The first kappa shape index (κ1) is 20.8. The number of aromatic nitrogens is 1. The van der Waals surface area contributed by atoms with Crippen LogP contribution in [0.5, 0.6) is 5.75 Å². The number of rotatable bonds is 5. The van der Waals surface area contributed by atoms with Crippen molar-refractivity contribution < 1.29 is 9.90 Å². The van der Waals surface area contributed by atoms with Crippen molar-refractivity contribution in [3.8, 4) is 5.75 Å². The Morgan fingerprint density at radius 1 is 0.970 bits per heavy atom. The zero-order valence-electron chi connectivity index (χ0n) is 17.6. The Hall–Kier alpha value is -4.09. The van der Waals surface area contributed by atoms with Crippen molar-refractivity contribution in [2.45, 2.75) is 6.54 Å². The third kappa shape index (κ3) is 4.19. The molecule has 1 amide bonds. The first-order chi connectivity index (χ1) is 16.1. The van der Waals surface area contributed by atoms with E-state index in [0.717, 1.165) is 27.4 Å². The van der Waals surface area contributed by atoms with Crippen LogP contribution < -0.4 is 5.43 Å². The van der Waals surface area contributed by atoms with Crippen molar-refractivity contribution in [3.63, 3.8) is 0 Å². The zero-order chi connectivity index (χ0) is 22.8. The Morgan fingerprint density at radius 3 is 2.61 bits per heavy atom. The van der Waals surface area contributed by atoms with E-state index in [9.17, 15) is 9.90 Å². The summed E-state index contributed by atoms with van der Waals surface area (Å²) in [6.45, 7) is 0.658. The number of benzene rings is 4. The Labute approximate surface area is 195 Å². The van der Waals surface area contributed by atoms with Crippen LogP contribution in [0.2, 0.25) is 5.02 Å². The summed E-state index contributed by atoms with van der Waals surface area (Å²) in [6, 6.07) is 26.5. The van der Waals surface area contributed by atoms with Gasteiger partial charge in [0.2, 0.25) is 0 Å². The number of phenols is 1. The molecule has 0 spiro atoms. The van der Waals surface area contributed by atoms with Crippen molar-refractivity contribution in [3.05, 3.63) is 113 Å². The van der Waals surface area contributed by atoms with Gasteiger partial charge in [0.15, 0.2) is 0 Å². The molecular weight excluding hydrogens is 434 g/mol. The maximum absolute atomic E-state index is 12.8. The number of halogens is 1. The number of nitrogens with zero attached hydrogens (tertiary/aromatic N) is 2. The third-order valence-corrected chi connectivity index (χ3v) is 5.80. The van der Waals surface area contributed by atoms with Crippen molar-refractivity contribution >= 4 is 45.4 Å². The van der Waals surface area contributed by atoms with Gasteiger partial charge >= 0.3 is 0 Å². The molecule has 0 saturated carbocycles. The van der Waals surface area contributed by atoms with E-state index in [1.54, 1.807) is 18.3 Å². The minimum Gasteiger partial charge on any atom is -0.507 e. The molecule has 1 aromatic heterocycles. The molecule has 0 atom stereocenters. The van der Waals surface area contributed by atoms with Crippen LogP contribution in [0.3, 0.4) is 0 Å². The van der Waals surface area contributed by atoms with Gasteiger partial charge in [-0.05, 0) is 40.6 Å². The predicted molar refractivity (Wildman–Crippen MR) is 133 cm³/mol. The topological polar surface area (TPSA) is 66.6 Å². The van der Waals surface area contributed by atoms with E-state index in [1.165, 1.54) is 6.07 Å². The molecular formula is C27H20ClN3O2. The fraction of sp³-hybridized carbons (Fsp3) is 0.0370. The molecule has 4 aromatic carbocycles. The molecule has 0 saturated heterocycles. The molecule has 2 N–H and O–H groups in total. The maximum Gasteiger partial charge on any atom is 0.275 e. The monoisotopic (exact) mass is 453 g/mol. The summed E-state index contributed by atoms with van der Waals surface area (Å²) in [4.78, 5) is 12.8. The normalized spacial score (nSPS) is 11.4. The lowest BCUT2D eigenvalue weighted by Crippen LogP contribution is -2.18. The van der Waals surface area contributed by atoms with Gasteiger partial charge in [-0.15, -0.1) is 0 Å². The smallest absolute Gasteiger partial charge is 0.275 e. The average molecular weight is 454 g/mol. The van der Waals surface area contributed by atoms with Gasteiger partial charge in [0, 0.05) is 34.2 Å². The van der Waals surface area contributed by atoms with Gasteiger partial charge in [0.25, 0.3) is 5.91 Å². The summed E-state index contributed by atoms with van der Waals surface area (Å²) in [7, 11) is 0. The molecule has 0 bridgehead atoms. The molecule has 6 heteroatoms. The van der Waals surface area contributed by atoms with Crippen LogP contribution in [-0.4, -0.2) is 21.8 Å². The van der Waals surface area contributed by atoms with Gasteiger partial charge in [-0.3, -0.25) is 4.79 Å². The highest BCUT2D eigenvalue weighted by atomic mass is 35.5. The molecule has 162 valence electrons. The number of carbonyl (C=O) groups excluding carboxylic acids is 1. The Morgan fingerprint density at radius 2 is 1.76 bits per heavy atom. The second kappa shape index (κ2) is 8.81. The Bertz CT molecular complexity index is 1520. The molecule has 1 heterocycles. The number of para-hydroxylation sites is 1. The highest BCUT2D eigenvalue weighted by molar-refractivity contribution is 6.30. The summed E-state index contributed by atoms with van der Waals surface area (Å²) in [5.74, 6) is -0.553. The quantitative estimate of drug-likeness (QED) is 0.254. The standard InChI is InChI=1S/C27H20ClN3O2/c28-21-8-5-6-18(14-21)16-31-17-20(22-9-3-4-11-24(22)31)15-29-30-27(33)26-23-10-2-1-7-19(23)12-13-25(26)32/h1-15,17,32H,16H2,(H,30,33). The first-order valence-corrected chi connectivity index (χ1v) is 10.8. The predicted octanol–water partition coefficient (Wildman–Crippen LogP) is 5.97. The fourth-order valence-corrected chi connectivity index (χ4v) is 4.27. The highest BCUT2D eigenvalue weighted by Crippen LogP contribution is 2.27. The minimum atomic E-state index is -0.469. The van der Waals surface area contributed by atoms with Gasteiger partial charge in [0.05, 0.1) is 11.8 Å². The molecule has 0 aliphatic rings. The number of hydrogen-bond donors (Lipinski definition) is 2. The van der Waals surface area contributed by atoms with Crippen LogP contribution in [-0.2, 0) is 6.54 Å². The number of carbonyl (C=O) groups is 1. The molecule has 5 rings (SSSR count). The van der Waals surface area contributed by atoms with Crippen molar-refractivity contribution in [1.82, 2.24) is 9.99 Å². The number of nitrogens with one attached hydrogen (secondary N) is 1. The SMILES string of the molecule is O=C(NN=Cc1cn(Cc2cccc(Cl)c2)c2ccccc12)c1c(O)ccc2ccccc12. The van der Waals surface area contributed by atoms with Crippen LogP contribution >= 0.6 is 11.6 Å². The van der Waals surface area contributed by atoms with Gasteiger partial charge in [-0.2, -0.15) is 5.10 Å². The average Bonchev–Trinajstić information content (AvgIpc) is 3.16. The lowest BCUT2D eigenvalue weighted by atomic mass is 10.0. The number of hydrazone groups is 1. The molecule has 5 nitrogen and oxygen atoms in total. The van der Waals surface area contributed by atoms with Crippen molar-refractivity contribution in [1.29, 1.82) is 0 Å². The molecule has 5 aromatic rings.